The second kappa shape index (κ2) is 8.84. The molecule has 0 saturated heterocycles. The molecule has 0 N–H and O–H groups in total. The van der Waals surface area contributed by atoms with E-state index in [4.69, 9.17) is 0 Å². The van der Waals surface area contributed by atoms with E-state index in [1.165, 1.54) is 27.6 Å². The van der Waals surface area contributed by atoms with Crippen LogP contribution in [0.15, 0.2) is 115 Å². The summed E-state index contributed by atoms with van der Waals surface area (Å²) in [6.45, 7) is 4.24. The largest absolute Gasteiger partial charge is 0.345 e. The Morgan fingerprint density at radius 1 is 0.424 bits per heavy atom. The van der Waals surface area contributed by atoms with Gasteiger partial charge in [0.15, 0.2) is 0 Å². The van der Waals surface area contributed by atoms with E-state index in [1.54, 1.807) is 0 Å². The van der Waals surface area contributed by atoms with E-state index in [-0.39, 0.29) is 0 Å². The maximum absolute atomic E-state index is 2.30. The van der Waals surface area contributed by atoms with E-state index >= 15 is 0 Å². The Morgan fingerprint density at radius 3 is 1.39 bits per heavy atom. The molecule has 0 amide bonds. The SMILES string of the molecule is Cc1ccc(N(c2ccc(C)cc2)c2ccc(N(C)c3ccc4ccccc4c3)cc2)cc1. The molecule has 5 rings (SSSR count). The third-order valence-electron chi connectivity index (χ3n) is 6.20. The van der Waals surface area contributed by atoms with Gasteiger partial charge in [-0.1, -0.05) is 65.7 Å². The molecule has 0 aromatic heterocycles. The molecule has 0 fully saturated rings. The Kier molecular flexibility index (Phi) is 5.58. The molecule has 0 heterocycles. The van der Waals surface area contributed by atoms with Crippen LogP contribution in [-0.2, 0) is 0 Å². The van der Waals surface area contributed by atoms with Gasteiger partial charge in [-0.2, -0.15) is 0 Å². The zero-order valence-electron chi connectivity index (χ0n) is 19.4. The van der Waals surface area contributed by atoms with Gasteiger partial charge in [0, 0.05) is 35.5 Å². The third-order valence-corrected chi connectivity index (χ3v) is 6.20. The van der Waals surface area contributed by atoms with Gasteiger partial charge in [0.1, 0.15) is 0 Å². The van der Waals surface area contributed by atoms with Gasteiger partial charge in [-0.15, -0.1) is 0 Å². The van der Waals surface area contributed by atoms with Crippen molar-refractivity contribution in [1.29, 1.82) is 0 Å². The minimum absolute atomic E-state index is 1.14. The molecule has 162 valence electrons. The summed E-state index contributed by atoms with van der Waals surface area (Å²) in [5.74, 6) is 0. The van der Waals surface area contributed by atoms with Crippen LogP contribution in [0, 0.1) is 13.8 Å². The smallest absolute Gasteiger partial charge is 0.0463 e. The molecule has 0 saturated carbocycles. The fraction of sp³-hybridized carbons (Fsp3) is 0.0968. The summed E-state index contributed by atoms with van der Waals surface area (Å²) in [5.41, 5.74) is 8.29. The van der Waals surface area contributed by atoms with Crippen molar-refractivity contribution >= 4 is 39.2 Å². The highest BCUT2D eigenvalue weighted by Crippen LogP contribution is 2.36. The van der Waals surface area contributed by atoms with Gasteiger partial charge in [0.05, 0.1) is 0 Å². The van der Waals surface area contributed by atoms with Gasteiger partial charge < -0.3 is 9.80 Å². The van der Waals surface area contributed by atoms with Crippen LogP contribution in [0.1, 0.15) is 11.1 Å². The van der Waals surface area contributed by atoms with Gasteiger partial charge in [-0.05, 0) is 85.3 Å². The van der Waals surface area contributed by atoms with Crippen molar-refractivity contribution in [2.75, 3.05) is 16.8 Å². The lowest BCUT2D eigenvalue weighted by atomic mass is 10.1. The second-order valence-electron chi connectivity index (χ2n) is 8.61. The summed E-state index contributed by atoms with van der Waals surface area (Å²) >= 11 is 0. The summed E-state index contributed by atoms with van der Waals surface area (Å²) in [5, 5.41) is 2.51. The van der Waals surface area contributed by atoms with Crippen LogP contribution in [0.5, 0.6) is 0 Å². The topological polar surface area (TPSA) is 6.48 Å². The van der Waals surface area contributed by atoms with E-state index in [9.17, 15) is 0 Å². The molecule has 2 heteroatoms. The molecule has 33 heavy (non-hydrogen) atoms. The van der Waals surface area contributed by atoms with Crippen LogP contribution in [0.4, 0.5) is 28.4 Å². The molecule has 0 bridgehead atoms. The number of hydrogen-bond donors (Lipinski definition) is 0. The van der Waals surface area contributed by atoms with Gasteiger partial charge in [0.25, 0.3) is 0 Å². The predicted molar refractivity (Wildman–Crippen MR) is 143 cm³/mol. The lowest BCUT2D eigenvalue weighted by Crippen LogP contribution is -2.12. The highest BCUT2D eigenvalue weighted by Gasteiger charge is 2.13. The normalized spacial score (nSPS) is 10.9. The average Bonchev–Trinajstić information content (AvgIpc) is 2.86. The van der Waals surface area contributed by atoms with Crippen molar-refractivity contribution in [2.24, 2.45) is 0 Å². The van der Waals surface area contributed by atoms with Crippen LogP contribution < -0.4 is 9.80 Å². The van der Waals surface area contributed by atoms with Crippen LogP contribution >= 0.6 is 0 Å². The van der Waals surface area contributed by atoms with Crippen LogP contribution in [0.2, 0.25) is 0 Å². The monoisotopic (exact) mass is 428 g/mol. The Morgan fingerprint density at radius 2 is 0.848 bits per heavy atom. The van der Waals surface area contributed by atoms with Crippen molar-refractivity contribution in [1.82, 2.24) is 0 Å². The second-order valence-corrected chi connectivity index (χ2v) is 8.61. The first kappa shape index (κ1) is 20.8. The first-order valence-corrected chi connectivity index (χ1v) is 11.3. The molecule has 5 aromatic carbocycles. The van der Waals surface area contributed by atoms with Gasteiger partial charge >= 0.3 is 0 Å². The number of fused-ring (bicyclic) bond motifs is 1. The molecule has 0 radical (unpaired) electrons. The minimum atomic E-state index is 1.14. The maximum Gasteiger partial charge on any atom is 0.0463 e. The number of rotatable bonds is 5. The highest BCUT2D eigenvalue weighted by atomic mass is 15.1. The van der Waals surface area contributed by atoms with Crippen molar-refractivity contribution in [3.63, 3.8) is 0 Å². The minimum Gasteiger partial charge on any atom is -0.345 e. The molecule has 0 unspecified atom stereocenters. The van der Waals surface area contributed by atoms with Gasteiger partial charge in [-0.25, -0.2) is 0 Å². The third kappa shape index (κ3) is 4.33. The Labute approximate surface area is 196 Å². The summed E-state index contributed by atoms with van der Waals surface area (Å²) in [7, 11) is 2.12. The number of nitrogens with zero attached hydrogens (tertiary/aromatic N) is 2. The standard InChI is InChI=1S/C31H28N2/c1-23-8-13-28(14-9-23)33(29-15-10-24(2)11-16-29)30-20-18-27(19-21-30)32(3)31-17-12-25-6-4-5-7-26(25)22-31/h4-22H,1-3H3. The zero-order valence-corrected chi connectivity index (χ0v) is 19.4. The van der Waals surface area contributed by atoms with Crippen LogP contribution in [-0.4, -0.2) is 7.05 Å². The zero-order chi connectivity index (χ0) is 22.8. The quantitative estimate of drug-likeness (QED) is 0.276. The molecule has 2 nitrogen and oxygen atoms in total. The molecule has 0 aliphatic heterocycles. The van der Waals surface area contributed by atoms with E-state index in [2.05, 4.69) is 146 Å². The lowest BCUT2D eigenvalue weighted by molar-refractivity contribution is 1.20. The summed E-state index contributed by atoms with van der Waals surface area (Å²) in [6.07, 6.45) is 0. The van der Waals surface area contributed by atoms with Gasteiger partial charge in [-0.3, -0.25) is 0 Å². The highest BCUT2D eigenvalue weighted by molar-refractivity contribution is 5.87. The molecular formula is C31H28N2. The van der Waals surface area contributed by atoms with Crippen molar-refractivity contribution < 1.29 is 0 Å². The Bertz CT molecular complexity index is 1320. The van der Waals surface area contributed by atoms with Gasteiger partial charge in [0.2, 0.25) is 0 Å². The number of benzene rings is 5. The fourth-order valence-corrected chi connectivity index (χ4v) is 4.19. The molecule has 0 aliphatic carbocycles. The first-order valence-electron chi connectivity index (χ1n) is 11.3. The molecule has 5 aromatic rings. The van der Waals surface area contributed by atoms with E-state index < -0.39 is 0 Å². The van der Waals surface area contributed by atoms with Crippen LogP contribution in [0.3, 0.4) is 0 Å². The van der Waals surface area contributed by atoms with Crippen molar-refractivity contribution in [3.8, 4) is 0 Å². The number of aryl methyl sites for hydroxylation is 2. The summed E-state index contributed by atoms with van der Waals surface area (Å²) in [6, 6.07) is 41.3. The fourth-order valence-electron chi connectivity index (χ4n) is 4.19. The Balaban J connectivity index is 1.49. The summed E-state index contributed by atoms with van der Waals surface area (Å²) < 4.78 is 0. The van der Waals surface area contributed by atoms with Crippen molar-refractivity contribution in [2.45, 2.75) is 13.8 Å². The maximum atomic E-state index is 2.30. The Hall–Kier alpha value is -4.04. The van der Waals surface area contributed by atoms with E-state index in [0.29, 0.717) is 0 Å². The molecule has 0 aliphatic rings. The number of anilines is 5. The molecule has 0 atom stereocenters. The molecule has 0 spiro atoms. The predicted octanol–water partition coefficient (Wildman–Crippen LogP) is 8.69. The molecular weight excluding hydrogens is 400 g/mol. The van der Waals surface area contributed by atoms with E-state index in [0.717, 1.165) is 22.7 Å². The van der Waals surface area contributed by atoms with Crippen LogP contribution in [0.25, 0.3) is 10.8 Å². The summed E-state index contributed by atoms with van der Waals surface area (Å²) in [4.78, 5) is 4.54. The number of hydrogen-bond acceptors (Lipinski definition) is 2. The average molecular weight is 429 g/mol. The van der Waals surface area contributed by atoms with E-state index in [1.807, 2.05) is 0 Å². The first-order chi connectivity index (χ1) is 16.1. The van der Waals surface area contributed by atoms with Crippen molar-refractivity contribution in [3.05, 3.63) is 126 Å². The lowest BCUT2D eigenvalue weighted by Gasteiger charge is -2.27.